The van der Waals surface area contributed by atoms with Crippen molar-refractivity contribution in [3.05, 3.63) is 65.7 Å². The Morgan fingerprint density at radius 3 is 2.61 bits per heavy atom. The van der Waals surface area contributed by atoms with Crippen LogP contribution in [0.15, 0.2) is 54.6 Å². The summed E-state index contributed by atoms with van der Waals surface area (Å²) >= 11 is 0. The zero-order valence-electron chi connectivity index (χ0n) is 13.2. The largest absolute Gasteiger partial charge is 0.489 e. The van der Waals surface area contributed by atoms with E-state index >= 15 is 0 Å². The molecule has 0 spiro atoms. The van der Waals surface area contributed by atoms with Crippen LogP contribution in [0.2, 0.25) is 0 Å². The Balaban J connectivity index is 1.86. The fraction of sp³-hybridized carbons (Fsp3) is 0.278. The first-order valence-electron chi connectivity index (χ1n) is 7.47. The second-order valence-electron chi connectivity index (χ2n) is 5.20. The first kappa shape index (κ1) is 17.0. The van der Waals surface area contributed by atoms with Gasteiger partial charge >= 0.3 is 0 Å². The molecule has 5 heteroatoms. The molecule has 122 valence electrons. The quantitative estimate of drug-likeness (QED) is 0.780. The van der Waals surface area contributed by atoms with Gasteiger partial charge in [0.1, 0.15) is 18.4 Å². The Morgan fingerprint density at radius 2 is 1.87 bits per heavy atom. The van der Waals surface area contributed by atoms with Crippen molar-refractivity contribution in [3.8, 4) is 5.75 Å². The number of nitrogens with one attached hydrogen (secondary N) is 1. The number of carbonyl (C=O) groups excluding carboxylic acids is 1. The molecule has 0 heterocycles. The molecule has 1 atom stereocenters. The third-order valence-corrected chi connectivity index (χ3v) is 3.29. The average Bonchev–Trinajstić information content (AvgIpc) is 2.59. The summed E-state index contributed by atoms with van der Waals surface area (Å²) in [4.78, 5) is 11.8. The molecule has 1 amide bonds. The van der Waals surface area contributed by atoms with Gasteiger partial charge in [-0.15, -0.1) is 0 Å². The van der Waals surface area contributed by atoms with Crippen molar-refractivity contribution in [2.45, 2.75) is 19.2 Å². The molecule has 23 heavy (non-hydrogen) atoms. The molecule has 0 fully saturated rings. The lowest BCUT2D eigenvalue weighted by molar-refractivity contribution is -0.123. The fourth-order valence-corrected chi connectivity index (χ4v) is 2.09. The van der Waals surface area contributed by atoms with Crippen LogP contribution < -0.4 is 15.8 Å². The van der Waals surface area contributed by atoms with Crippen LogP contribution in [0, 0.1) is 0 Å². The number of para-hydroxylation sites is 1. The van der Waals surface area contributed by atoms with Crippen LogP contribution >= 0.6 is 0 Å². The highest BCUT2D eigenvalue weighted by Crippen LogP contribution is 2.12. The van der Waals surface area contributed by atoms with Gasteiger partial charge in [-0.2, -0.15) is 0 Å². The smallest absolute Gasteiger partial charge is 0.239 e. The summed E-state index contributed by atoms with van der Waals surface area (Å²) in [6.07, 6.45) is 0. The molecule has 0 aromatic heterocycles. The lowest BCUT2D eigenvalue weighted by Gasteiger charge is -2.12. The van der Waals surface area contributed by atoms with Gasteiger partial charge in [0.05, 0.1) is 6.61 Å². The minimum atomic E-state index is -0.649. The highest BCUT2D eigenvalue weighted by atomic mass is 16.5. The van der Waals surface area contributed by atoms with Gasteiger partial charge in [0.2, 0.25) is 5.91 Å². The number of ether oxygens (including phenoxy) is 2. The number of hydrogen-bond donors (Lipinski definition) is 2. The highest BCUT2D eigenvalue weighted by molar-refractivity contribution is 5.81. The van der Waals surface area contributed by atoms with E-state index < -0.39 is 6.04 Å². The zero-order valence-corrected chi connectivity index (χ0v) is 13.2. The summed E-state index contributed by atoms with van der Waals surface area (Å²) in [6.45, 7) is 1.11. The maximum atomic E-state index is 11.8. The third-order valence-electron chi connectivity index (χ3n) is 3.29. The number of hydrogen-bond acceptors (Lipinski definition) is 4. The minimum absolute atomic E-state index is 0.205. The first-order valence-corrected chi connectivity index (χ1v) is 7.47. The van der Waals surface area contributed by atoms with E-state index in [1.807, 2.05) is 54.6 Å². The van der Waals surface area contributed by atoms with Gasteiger partial charge in [-0.25, -0.2) is 0 Å². The molecular weight excluding hydrogens is 292 g/mol. The van der Waals surface area contributed by atoms with Crippen molar-refractivity contribution in [1.82, 2.24) is 5.32 Å². The molecule has 0 aliphatic heterocycles. The van der Waals surface area contributed by atoms with Crippen molar-refractivity contribution in [1.29, 1.82) is 0 Å². The van der Waals surface area contributed by atoms with Gasteiger partial charge in [0.15, 0.2) is 0 Å². The molecule has 5 nitrogen and oxygen atoms in total. The van der Waals surface area contributed by atoms with Crippen LogP contribution in [0.1, 0.15) is 11.1 Å². The molecule has 0 saturated carbocycles. The molecule has 0 saturated heterocycles. The summed E-state index contributed by atoms with van der Waals surface area (Å²) in [7, 11) is 1.52. The van der Waals surface area contributed by atoms with E-state index in [1.54, 1.807) is 0 Å². The summed E-state index contributed by atoms with van der Waals surface area (Å²) in [6, 6.07) is 16.9. The molecule has 2 aromatic carbocycles. The van der Waals surface area contributed by atoms with Gasteiger partial charge in [-0.3, -0.25) is 4.79 Å². The number of rotatable bonds is 8. The number of benzene rings is 2. The van der Waals surface area contributed by atoms with Crippen molar-refractivity contribution in [3.63, 3.8) is 0 Å². The van der Waals surface area contributed by atoms with Gasteiger partial charge in [0.25, 0.3) is 0 Å². The van der Waals surface area contributed by atoms with Gasteiger partial charge in [-0.05, 0) is 23.3 Å². The zero-order chi connectivity index (χ0) is 16.5. The second kappa shape index (κ2) is 8.92. The van der Waals surface area contributed by atoms with Gasteiger partial charge in [-0.1, -0.05) is 42.5 Å². The van der Waals surface area contributed by atoms with Crippen molar-refractivity contribution in [2.24, 2.45) is 5.73 Å². The molecule has 0 aliphatic carbocycles. The number of carbonyl (C=O) groups is 1. The Morgan fingerprint density at radius 1 is 1.13 bits per heavy atom. The lowest BCUT2D eigenvalue weighted by atomic mass is 10.1. The summed E-state index contributed by atoms with van der Waals surface area (Å²) in [5, 5.41) is 2.80. The summed E-state index contributed by atoms with van der Waals surface area (Å²) in [5.74, 6) is 0.606. The van der Waals surface area contributed by atoms with Crippen LogP contribution in [-0.2, 0) is 22.7 Å². The average molecular weight is 314 g/mol. The van der Waals surface area contributed by atoms with Crippen LogP contribution in [0.5, 0.6) is 5.75 Å². The summed E-state index contributed by atoms with van der Waals surface area (Å²) in [5.41, 5.74) is 7.72. The molecular formula is C18H22N2O3. The van der Waals surface area contributed by atoms with Crippen LogP contribution in [0.4, 0.5) is 0 Å². The Hall–Kier alpha value is -2.37. The highest BCUT2D eigenvalue weighted by Gasteiger charge is 2.12. The molecule has 0 aliphatic rings. The molecule has 1 unspecified atom stereocenters. The van der Waals surface area contributed by atoms with Crippen molar-refractivity contribution >= 4 is 5.91 Å². The monoisotopic (exact) mass is 314 g/mol. The third kappa shape index (κ3) is 5.73. The maximum absolute atomic E-state index is 11.8. The van der Waals surface area contributed by atoms with E-state index in [0.29, 0.717) is 13.2 Å². The fourth-order valence-electron chi connectivity index (χ4n) is 2.09. The van der Waals surface area contributed by atoms with Crippen LogP contribution in [0.3, 0.4) is 0 Å². The standard InChI is InChI=1S/C18H22N2O3/c1-22-13-17(19)18(21)20-11-14-6-5-7-15(10-14)12-23-16-8-3-2-4-9-16/h2-10,17H,11-13,19H2,1H3,(H,20,21). The predicted octanol–water partition coefficient (Wildman–Crippen LogP) is 1.86. The predicted molar refractivity (Wildman–Crippen MR) is 88.9 cm³/mol. The summed E-state index contributed by atoms with van der Waals surface area (Å²) < 4.78 is 10.6. The normalized spacial score (nSPS) is 11.7. The minimum Gasteiger partial charge on any atom is -0.489 e. The van der Waals surface area contributed by atoms with Gasteiger partial charge < -0.3 is 20.5 Å². The van der Waals surface area contributed by atoms with E-state index in [4.69, 9.17) is 15.2 Å². The van der Waals surface area contributed by atoms with Crippen molar-refractivity contribution in [2.75, 3.05) is 13.7 Å². The SMILES string of the molecule is COCC(N)C(=O)NCc1cccc(COc2ccccc2)c1. The van der Waals surface area contributed by atoms with E-state index in [2.05, 4.69) is 5.32 Å². The number of amides is 1. The van der Waals surface area contributed by atoms with Crippen LogP contribution in [-0.4, -0.2) is 25.7 Å². The maximum Gasteiger partial charge on any atom is 0.239 e. The molecule has 2 aromatic rings. The lowest BCUT2D eigenvalue weighted by Crippen LogP contribution is -2.43. The number of methoxy groups -OCH3 is 1. The van der Waals surface area contributed by atoms with E-state index in [1.165, 1.54) is 7.11 Å². The van der Waals surface area contributed by atoms with Gasteiger partial charge in [0, 0.05) is 13.7 Å². The Labute approximate surface area is 136 Å². The molecule has 0 bridgehead atoms. The first-order chi connectivity index (χ1) is 11.2. The van der Waals surface area contributed by atoms with Crippen LogP contribution in [0.25, 0.3) is 0 Å². The topological polar surface area (TPSA) is 73.6 Å². The number of nitrogens with two attached hydrogens (primary N) is 1. The Bertz CT molecular complexity index is 617. The molecule has 0 radical (unpaired) electrons. The van der Waals surface area contributed by atoms with E-state index in [-0.39, 0.29) is 12.5 Å². The van der Waals surface area contributed by atoms with E-state index in [0.717, 1.165) is 16.9 Å². The molecule has 3 N–H and O–H groups in total. The second-order valence-corrected chi connectivity index (χ2v) is 5.20. The van der Waals surface area contributed by atoms with Crippen molar-refractivity contribution < 1.29 is 14.3 Å². The van der Waals surface area contributed by atoms with E-state index in [9.17, 15) is 4.79 Å². The Kier molecular flexibility index (Phi) is 6.59. The molecule has 2 rings (SSSR count).